The van der Waals surface area contributed by atoms with Gasteiger partial charge in [0.1, 0.15) is 0 Å². The number of nitrogens with zero attached hydrogens (tertiary/aromatic N) is 3. The quantitative estimate of drug-likeness (QED) is 0.609. The smallest absolute Gasteiger partial charge is 0.258 e. The molecule has 0 bridgehead atoms. The van der Waals surface area contributed by atoms with Crippen LogP contribution in [0.3, 0.4) is 0 Å². The molecule has 1 aromatic carbocycles. The molecule has 0 saturated carbocycles. The molecule has 4 atom stereocenters. The number of nitrogens with one attached hydrogen (secondary N) is 1. The van der Waals surface area contributed by atoms with Crippen LogP contribution in [-0.2, 0) is 17.9 Å². The second-order valence-electron chi connectivity index (χ2n) is 8.76. The Kier molecular flexibility index (Phi) is 5.83. The molecule has 3 aromatic rings. The van der Waals surface area contributed by atoms with Crippen molar-refractivity contribution >= 4 is 5.91 Å². The highest BCUT2D eigenvalue weighted by Crippen LogP contribution is 2.49. The van der Waals surface area contributed by atoms with Crippen molar-refractivity contribution in [3.8, 4) is 11.1 Å². The third-order valence-electron chi connectivity index (χ3n) is 7.11. The molecule has 0 radical (unpaired) electrons. The maximum absolute atomic E-state index is 13.3. The fourth-order valence-corrected chi connectivity index (χ4v) is 5.61. The van der Waals surface area contributed by atoms with Crippen LogP contribution in [-0.4, -0.2) is 44.7 Å². The second-order valence-corrected chi connectivity index (χ2v) is 8.76. The lowest BCUT2D eigenvalue weighted by atomic mass is 9.88. The van der Waals surface area contributed by atoms with Crippen LogP contribution < -0.4 is 10.9 Å². The maximum atomic E-state index is 13.3. The zero-order valence-electron chi connectivity index (χ0n) is 18.6. The number of carbonyl (C=O) groups is 1. The number of pyridine rings is 2. The van der Waals surface area contributed by atoms with Crippen molar-refractivity contribution in [3.05, 3.63) is 88.6 Å². The lowest BCUT2D eigenvalue weighted by Gasteiger charge is -2.29. The van der Waals surface area contributed by atoms with Gasteiger partial charge in [-0.05, 0) is 30.3 Å². The third kappa shape index (κ3) is 3.67. The van der Waals surface area contributed by atoms with E-state index >= 15 is 0 Å². The highest BCUT2D eigenvalue weighted by molar-refractivity contribution is 5.82. The van der Waals surface area contributed by atoms with E-state index in [1.807, 2.05) is 66.1 Å². The Morgan fingerprint density at radius 2 is 1.97 bits per heavy atom. The van der Waals surface area contributed by atoms with Gasteiger partial charge in [0, 0.05) is 60.7 Å². The maximum Gasteiger partial charge on any atom is 0.258 e. The minimum atomic E-state index is -0.430. The van der Waals surface area contributed by atoms with E-state index in [-0.39, 0.29) is 36.0 Å². The van der Waals surface area contributed by atoms with Crippen molar-refractivity contribution in [2.75, 3.05) is 13.2 Å². The lowest BCUT2D eigenvalue weighted by molar-refractivity contribution is -0.127. The number of amides is 1. The van der Waals surface area contributed by atoms with E-state index in [2.05, 4.69) is 15.2 Å². The molecular weight excluding hydrogens is 416 g/mol. The van der Waals surface area contributed by atoms with Gasteiger partial charge in [0.05, 0.1) is 12.1 Å². The second kappa shape index (κ2) is 8.92. The van der Waals surface area contributed by atoms with E-state index in [9.17, 15) is 14.7 Å². The SMILES string of the molecule is CCN1[C@H](C(=O)NCc2ccccc2)[C@@H](CO)[C@@H]2Cn3c(ccc(-c4cccnc4)c3=O)[C@@H]21. The number of hydrogen-bond acceptors (Lipinski definition) is 5. The Labute approximate surface area is 192 Å². The summed E-state index contributed by atoms with van der Waals surface area (Å²) in [5.41, 5.74) is 3.31. The zero-order chi connectivity index (χ0) is 22.9. The van der Waals surface area contributed by atoms with Crippen molar-refractivity contribution in [3.63, 3.8) is 0 Å². The topological polar surface area (TPSA) is 87.5 Å². The number of likely N-dealkylation sites (N-methyl/N-ethyl adjacent to an activating group) is 1. The van der Waals surface area contributed by atoms with Crippen molar-refractivity contribution in [2.24, 2.45) is 11.8 Å². The summed E-state index contributed by atoms with van der Waals surface area (Å²) in [5.74, 6) is -0.318. The largest absolute Gasteiger partial charge is 0.396 e. The van der Waals surface area contributed by atoms with E-state index in [0.717, 1.165) is 16.8 Å². The first-order chi connectivity index (χ1) is 16.1. The fourth-order valence-electron chi connectivity index (χ4n) is 5.61. The summed E-state index contributed by atoms with van der Waals surface area (Å²) in [5, 5.41) is 13.4. The molecule has 1 saturated heterocycles. The average molecular weight is 445 g/mol. The van der Waals surface area contributed by atoms with E-state index in [1.54, 1.807) is 12.4 Å². The number of likely N-dealkylation sites (tertiary alicyclic amines) is 1. The summed E-state index contributed by atoms with van der Waals surface area (Å²) in [7, 11) is 0. The molecule has 7 heteroatoms. The van der Waals surface area contributed by atoms with Gasteiger partial charge in [-0.25, -0.2) is 0 Å². The van der Waals surface area contributed by atoms with E-state index < -0.39 is 6.04 Å². The standard InChI is InChI=1S/C26H28N4O3/c1-2-29-23-20(21(16-31)24(29)25(32)28-13-17-7-4-3-5-8-17)15-30-22(23)11-10-19(26(30)33)18-9-6-12-27-14-18/h3-12,14,20-21,23-24,31H,2,13,15-16H2,1H3,(H,28,32)/t20-,21-,23+,24-/m0/s1. The van der Waals surface area contributed by atoms with Crippen LogP contribution in [0.15, 0.2) is 71.8 Å². The van der Waals surface area contributed by atoms with E-state index in [1.165, 1.54) is 0 Å². The molecule has 0 unspecified atom stereocenters. The van der Waals surface area contributed by atoms with Crippen LogP contribution in [0.5, 0.6) is 0 Å². The molecule has 7 nitrogen and oxygen atoms in total. The van der Waals surface area contributed by atoms with Crippen LogP contribution in [0.1, 0.15) is 24.2 Å². The highest BCUT2D eigenvalue weighted by atomic mass is 16.3. The molecule has 0 spiro atoms. The molecule has 2 N–H and O–H groups in total. The summed E-state index contributed by atoms with van der Waals surface area (Å²) < 4.78 is 1.82. The van der Waals surface area contributed by atoms with Gasteiger partial charge in [-0.1, -0.05) is 43.3 Å². The monoisotopic (exact) mass is 444 g/mol. The number of aromatic nitrogens is 2. The van der Waals surface area contributed by atoms with Crippen molar-refractivity contribution < 1.29 is 9.90 Å². The Balaban J connectivity index is 1.44. The minimum absolute atomic E-state index is 0.000673. The summed E-state index contributed by atoms with van der Waals surface area (Å²) in [6.45, 7) is 3.53. The number of aliphatic hydroxyl groups is 1. The molecule has 0 aliphatic carbocycles. The molecular formula is C26H28N4O3. The highest BCUT2D eigenvalue weighted by Gasteiger charge is 2.54. The molecule has 170 valence electrons. The molecule has 33 heavy (non-hydrogen) atoms. The minimum Gasteiger partial charge on any atom is -0.396 e. The van der Waals surface area contributed by atoms with Crippen LogP contribution in [0.4, 0.5) is 0 Å². The number of carbonyl (C=O) groups excluding carboxylic acids is 1. The van der Waals surface area contributed by atoms with Gasteiger partial charge >= 0.3 is 0 Å². The van der Waals surface area contributed by atoms with Gasteiger partial charge in [0.15, 0.2) is 0 Å². The molecule has 1 amide bonds. The number of hydrogen-bond donors (Lipinski definition) is 2. The molecule has 2 aliphatic rings. The first kappa shape index (κ1) is 21.6. The first-order valence-electron chi connectivity index (χ1n) is 11.5. The van der Waals surface area contributed by atoms with Gasteiger partial charge in [-0.3, -0.25) is 19.5 Å². The number of aliphatic hydroxyl groups excluding tert-OH is 1. The van der Waals surface area contributed by atoms with Crippen LogP contribution in [0.25, 0.3) is 11.1 Å². The number of rotatable bonds is 6. The molecule has 2 aromatic heterocycles. The van der Waals surface area contributed by atoms with Gasteiger partial charge in [-0.15, -0.1) is 0 Å². The normalized spacial score (nSPS) is 23.8. The Morgan fingerprint density at radius 1 is 1.15 bits per heavy atom. The van der Waals surface area contributed by atoms with Crippen LogP contribution in [0, 0.1) is 11.8 Å². The van der Waals surface area contributed by atoms with E-state index in [4.69, 9.17) is 0 Å². The summed E-state index contributed by atoms with van der Waals surface area (Å²) in [6, 6.07) is 16.9. The summed E-state index contributed by atoms with van der Waals surface area (Å²) >= 11 is 0. The number of fused-ring (bicyclic) bond motifs is 3. The van der Waals surface area contributed by atoms with Crippen LogP contribution >= 0.6 is 0 Å². The number of benzene rings is 1. The average Bonchev–Trinajstić information content (AvgIpc) is 3.38. The zero-order valence-corrected chi connectivity index (χ0v) is 18.6. The van der Waals surface area contributed by atoms with Gasteiger partial charge < -0.3 is 15.0 Å². The summed E-state index contributed by atoms with van der Waals surface area (Å²) in [6.07, 6.45) is 3.38. The fraction of sp³-hybridized carbons (Fsp3) is 0.346. The molecule has 2 aliphatic heterocycles. The van der Waals surface area contributed by atoms with Crippen molar-refractivity contribution in [1.29, 1.82) is 0 Å². The molecule has 5 rings (SSSR count). The Morgan fingerprint density at radius 3 is 2.67 bits per heavy atom. The predicted molar refractivity (Wildman–Crippen MR) is 125 cm³/mol. The molecule has 4 heterocycles. The first-order valence-corrected chi connectivity index (χ1v) is 11.5. The summed E-state index contributed by atoms with van der Waals surface area (Å²) in [4.78, 5) is 32.9. The predicted octanol–water partition coefficient (Wildman–Crippen LogP) is 2.21. The Bertz CT molecular complexity index is 1200. The Hall–Kier alpha value is -3.29. The van der Waals surface area contributed by atoms with Gasteiger partial charge in [0.2, 0.25) is 5.91 Å². The van der Waals surface area contributed by atoms with Crippen molar-refractivity contribution in [2.45, 2.75) is 32.1 Å². The van der Waals surface area contributed by atoms with Crippen LogP contribution in [0.2, 0.25) is 0 Å². The third-order valence-corrected chi connectivity index (χ3v) is 7.11. The van der Waals surface area contributed by atoms with Gasteiger partial charge in [-0.2, -0.15) is 0 Å². The van der Waals surface area contributed by atoms with Gasteiger partial charge in [0.25, 0.3) is 5.56 Å². The lowest BCUT2D eigenvalue weighted by Crippen LogP contribution is -2.48. The van der Waals surface area contributed by atoms with E-state index in [0.29, 0.717) is 25.2 Å². The van der Waals surface area contributed by atoms with Crippen molar-refractivity contribution in [1.82, 2.24) is 19.8 Å². The molecule has 1 fully saturated rings.